The molecule has 0 aromatic heterocycles. The van der Waals surface area contributed by atoms with E-state index in [1.807, 2.05) is 0 Å². The molecule has 0 amide bonds. The summed E-state index contributed by atoms with van der Waals surface area (Å²) in [6, 6.07) is 2.20. The van der Waals surface area contributed by atoms with Crippen LogP contribution < -0.4 is 0 Å². The number of terminal acetylenes is 1. The van der Waals surface area contributed by atoms with Gasteiger partial charge in [0.15, 0.2) is 0 Å². The van der Waals surface area contributed by atoms with Crippen LogP contribution in [-0.4, -0.2) is 38.4 Å². The van der Waals surface area contributed by atoms with E-state index in [1.165, 1.54) is 7.11 Å². The van der Waals surface area contributed by atoms with Crippen LogP contribution in [0.2, 0.25) is 0 Å². The zero-order valence-electron chi connectivity index (χ0n) is 13.6. The van der Waals surface area contributed by atoms with Gasteiger partial charge in [-0.1, -0.05) is 13.8 Å². The van der Waals surface area contributed by atoms with Gasteiger partial charge in [0.2, 0.25) is 10.0 Å². The van der Waals surface area contributed by atoms with E-state index in [9.17, 15) is 17.6 Å². The zero-order chi connectivity index (χ0) is 18.5. The smallest absolute Gasteiger partial charge is 0.324 e. The average molecular weight is 420 g/mol. The molecule has 0 unspecified atom stereocenters. The van der Waals surface area contributed by atoms with Crippen molar-refractivity contribution in [3.05, 3.63) is 28.5 Å². The largest absolute Gasteiger partial charge is 0.468 e. The van der Waals surface area contributed by atoms with E-state index in [2.05, 4.69) is 21.9 Å². The summed E-state index contributed by atoms with van der Waals surface area (Å²) in [6.45, 7) is 3.36. The number of benzene rings is 1. The summed E-state index contributed by atoms with van der Waals surface area (Å²) in [5, 5.41) is 0. The Labute approximate surface area is 150 Å². The highest BCUT2D eigenvalue weighted by atomic mass is 79.9. The number of nitrogens with zero attached hydrogens (tertiary/aromatic N) is 1. The highest BCUT2D eigenvalue weighted by Gasteiger charge is 2.39. The summed E-state index contributed by atoms with van der Waals surface area (Å²) < 4.78 is 45.2. The average Bonchev–Trinajstić information content (AvgIpc) is 2.49. The van der Waals surface area contributed by atoms with Gasteiger partial charge in [0.05, 0.1) is 12.0 Å². The van der Waals surface area contributed by atoms with Gasteiger partial charge in [0, 0.05) is 17.4 Å². The van der Waals surface area contributed by atoms with Crippen molar-refractivity contribution in [3.63, 3.8) is 0 Å². The molecule has 0 radical (unpaired) electrons. The molecule has 0 bridgehead atoms. The first-order valence-corrected chi connectivity index (χ1v) is 9.38. The van der Waals surface area contributed by atoms with Gasteiger partial charge in [-0.3, -0.25) is 4.79 Å². The molecule has 1 aromatic carbocycles. The second kappa shape index (κ2) is 8.60. The Balaban J connectivity index is 3.47. The van der Waals surface area contributed by atoms with E-state index in [0.717, 1.165) is 22.5 Å². The molecule has 132 valence electrons. The second-order valence-electron chi connectivity index (χ2n) is 5.36. The minimum absolute atomic E-state index is 0.0550. The maximum absolute atomic E-state index is 13.3. The van der Waals surface area contributed by atoms with E-state index in [4.69, 9.17) is 11.2 Å². The number of sulfonamides is 1. The number of hydrogen-bond donors (Lipinski definition) is 0. The Morgan fingerprint density at radius 3 is 2.54 bits per heavy atom. The Morgan fingerprint density at radius 2 is 2.08 bits per heavy atom. The van der Waals surface area contributed by atoms with Crippen molar-refractivity contribution >= 4 is 31.9 Å². The third-order valence-electron chi connectivity index (χ3n) is 3.34. The van der Waals surface area contributed by atoms with Crippen LogP contribution in [-0.2, 0) is 19.6 Å². The maximum Gasteiger partial charge on any atom is 0.324 e. The molecule has 1 atom stereocenters. The summed E-state index contributed by atoms with van der Waals surface area (Å²) in [5.74, 6) is 0.767. The number of carbonyl (C=O) groups is 1. The summed E-state index contributed by atoms with van der Waals surface area (Å²) >= 11 is 3.06. The third kappa shape index (κ3) is 4.56. The van der Waals surface area contributed by atoms with E-state index in [0.29, 0.717) is 0 Å². The number of esters is 1. The summed E-state index contributed by atoms with van der Waals surface area (Å²) in [6.07, 6.45) is 5.37. The predicted octanol–water partition coefficient (Wildman–Crippen LogP) is 2.80. The number of halogens is 2. The molecule has 0 saturated heterocycles. The van der Waals surface area contributed by atoms with Gasteiger partial charge in [0.1, 0.15) is 11.9 Å². The summed E-state index contributed by atoms with van der Waals surface area (Å²) in [5.41, 5.74) is 0. The third-order valence-corrected chi connectivity index (χ3v) is 6.20. The summed E-state index contributed by atoms with van der Waals surface area (Å²) in [4.78, 5) is 12.0. The zero-order valence-corrected chi connectivity index (χ0v) is 16.0. The first kappa shape index (κ1) is 20.6. The van der Waals surface area contributed by atoms with E-state index >= 15 is 0 Å². The molecule has 0 aliphatic carbocycles. The number of ether oxygens (including phenoxy) is 1. The van der Waals surface area contributed by atoms with Crippen LogP contribution in [0.1, 0.15) is 20.3 Å². The van der Waals surface area contributed by atoms with Crippen LogP contribution in [0.5, 0.6) is 0 Å². The standard InChI is InChI=1S/C16H19BrFNO4S/c1-5-6-9-19(15(11(2)3)16(20)23-4)24(21,22)14-8-7-12(18)10-13(14)17/h1,7-8,10-11,15H,6,9H2,2-4H3/t15-/m0/s1. The molecule has 0 spiro atoms. The molecular weight excluding hydrogens is 401 g/mol. The fourth-order valence-electron chi connectivity index (χ4n) is 2.24. The Bertz CT molecular complexity index is 743. The number of methoxy groups -OCH3 is 1. The van der Waals surface area contributed by atoms with Gasteiger partial charge in [-0.2, -0.15) is 4.31 Å². The fourth-order valence-corrected chi connectivity index (χ4v) is 4.96. The molecule has 5 nitrogen and oxygen atoms in total. The summed E-state index contributed by atoms with van der Waals surface area (Å²) in [7, 11) is -2.90. The minimum atomic E-state index is -4.10. The van der Waals surface area contributed by atoms with Gasteiger partial charge in [-0.15, -0.1) is 12.3 Å². The molecule has 1 aromatic rings. The fraction of sp³-hybridized carbons (Fsp3) is 0.438. The topological polar surface area (TPSA) is 63.7 Å². The lowest BCUT2D eigenvalue weighted by Gasteiger charge is -2.31. The molecule has 0 fully saturated rings. The lowest BCUT2D eigenvalue weighted by molar-refractivity contribution is -0.146. The van der Waals surface area contributed by atoms with Crippen molar-refractivity contribution in [1.29, 1.82) is 0 Å². The minimum Gasteiger partial charge on any atom is -0.468 e. The van der Waals surface area contributed by atoms with Crippen molar-refractivity contribution in [2.45, 2.75) is 31.2 Å². The van der Waals surface area contributed by atoms with Crippen LogP contribution in [0.4, 0.5) is 4.39 Å². The molecule has 24 heavy (non-hydrogen) atoms. The maximum atomic E-state index is 13.3. The monoisotopic (exact) mass is 419 g/mol. The molecule has 0 aliphatic rings. The quantitative estimate of drug-likeness (QED) is 0.503. The van der Waals surface area contributed by atoms with Crippen LogP contribution in [0.15, 0.2) is 27.6 Å². The van der Waals surface area contributed by atoms with Gasteiger partial charge in [-0.25, -0.2) is 12.8 Å². The molecule has 0 N–H and O–H groups in total. The predicted molar refractivity (Wildman–Crippen MR) is 92.1 cm³/mol. The van der Waals surface area contributed by atoms with Crippen molar-refractivity contribution in [2.75, 3.05) is 13.7 Å². The Hall–Kier alpha value is -1.43. The molecule has 0 aliphatic heterocycles. The SMILES string of the molecule is C#CCCN([C@H](C(=O)OC)C(C)C)S(=O)(=O)c1ccc(F)cc1Br. The number of hydrogen-bond acceptors (Lipinski definition) is 4. The molecule has 0 heterocycles. The van der Waals surface area contributed by atoms with E-state index in [1.54, 1.807) is 13.8 Å². The molecule has 1 rings (SSSR count). The van der Waals surface area contributed by atoms with Crippen LogP contribution >= 0.6 is 15.9 Å². The first-order chi connectivity index (χ1) is 11.2. The van der Waals surface area contributed by atoms with Crippen molar-refractivity contribution in [2.24, 2.45) is 5.92 Å². The van der Waals surface area contributed by atoms with Crippen LogP contribution in [0.25, 0.3) is 0 Å². The van der Waals surface area contributed by atoms with E-state index < -0.39 is 27.9 Å². The van der Waals surface area contributed by atoms with Crippen LogP contribution in [0.3, 0.4) is 0 Å². The normalized spacial score (nSPS) is 12.9. The number of carbonyl (C=O) groups excluding carboxylic acids is 1. The molecular formula is C16H19BrFNO4S. The lowest BCUT2D eigenvalue weighted by Crippen LogP contribution is -2.49. The lowest BCUT2D eigenvalue weighted by atomic mass is 10.0. The first-order valence-electron chi connectivity index (χ1n) is 7.15. The second-order valence-corrected chi connectivity index (χ2v) is 8.07. The van der Waals surface area contributed by atoms with E-state index in [-0.39, 0.29) is 28.3 Å². The van der Waals surface area contributed by atoms with Crippen molar-refractivity contribution in [1.82, 2.24) is 4.31 Å². The molecule has 0 saturated carbocycles. The molecule has 8 heteroatoms. The van der Waals surface area contributed by atoms with Crippen molar-refractivity contribution in [3.8, 4) is 12.3 Å². The van der Waals surface area contributed by atoms with Gasteiger partial charge in [0.25, 0.3) is 0 Å². The van der Waals surface area contributed by atoms with Gasteiger partial charge >= 0.3 is 5.97 Å². The highest BCUT2D eigenvalue weighted by Crippen LogP contribution is 2.29. The van der Waals surface area contributed by atoms with Gasteiger partial charge in [-0.05, 0) is 40.0 Å². The van der Waals surface area contributed by atoms with Gasteiger partial charge < -0.3 is 4.74 Å². The van der Waals surface area contributed by atoms with Crippen molar-refractivity contribution < 1.29 is 22.3 Å². The van der Waals surface area contributed by atoms with Crippen LogP contribution in [0, 0.1) is 24.1 Å². The highest BCUT2D eigenvalue weighted by molar-refractivity contribution is 9.10. The Kier molecular flexibility index (Phi) is 7.39. The Morgan fingerprint density at radius 1 is 1.46 bits per heavy atom. The number of rotatable bonds is 7.